The van der Waals surface area contributed by atoms with Gasteiger partial charge in [-0.3, -0.25) is 14.6 Å². The fourth-order valence-corrected chi connectivity index (χ4v) is 3.56. The van der Waals surface area contributed by atoms with Crippen LogP contribution in [0.25, 0.3) is 11.0 Å². The summed E-state index contributed by atoms with van der Waals surface area (Å²) in [5.41, 5.74) is 4.46. The van der Waals surface area contributed by atoms with Gasteiger partial charge >= 0.3 is 5.97 Å². The van der Waals surface area contributed by atoms with Crippen LogP contribution in [0, 0.1) is 13.8 Å². The van der Waals surface area contributed by atoms with Gasteiger partial charge in [0, 0.05) is 34.2 Å². The van der Waals surface area contributed by atoms with Gasteiger partial charge in [-0.15, -0.1) is 0 Å². The lowest BCUT2D eigenvalue weighted by atomic mass is 10.1. The number of halogens is 1. The Morgan fingerprint density at radius 3 is 2.47 bits per heavy atom. The van der Waals surface area contributed by atoms with Gasteiger partial charge in [-0.2, -0.15) is 0 Å². The Morgan fingerprint density at radius 2 is 1.79 bits per heavy atom. The zero-order valence-corrected chi connectivity index (χ0v) is 20.5. The van der Waals surface area contributed by atoms with Crippen molar-refractivity contribution < 1.29 is 18.7 Å². The average Bonchev–Trinajstić information content (AvgIpc) is 2.81. The van der Waals surface area contributed by atoms with Crippen molar-refractivity contribution in [3.05, 3.63) is 93.2 Å². The van der Waals surface area contributed by atoms with Crippen LogP contribution in [-0.4, -0.2) is 16.9 Å². The highest BCUT2D eigenvalue weighted by molar-refractivity contribution is 9.10. The van der Waals surface area contributed by atoms with E-state index in [0.29, 0.717) is 33.6 Å². The van der Waals surface area contributed by atoms with Crippen molar-refractivity contribution in [3.63, 3.8) is 0 Å². The van der Waals surface area contributed by atoms with Gasteiger partial charge in [-0.1, -0.05) is 33.6 Å². The number of hydrogen-bond acceptors (Lipinski definition) is 6. The Balaban J connectivity index is 1.89. The summed E-state index contributed by atoms with van der Waals surface area (Å²) in [6.07, 6.45) is 1.61. The summed E-state index contributed by atoms with van der Waals surface area (Å²) in [5.74, 6) is -0.789. The van der Waals surface area contributed by atoms with Crippen molar-refractivity contribution in [2.24, 2.45) is 4.99 Å². The van der Waals surface area contributed by atoms with Crippen LogP contribution in [0.5, 0.6) is 0 Å². The topological polar surface area (TPSA) is 93.8 Å². The maximum absolute atomic E-state index is 13.3. The monoisotopic (exact) mass is 519 g/mol. The van der Waals surface area contributed by atoms with E-state index >= 15 is 0 Å². The molecule has 172 valence electrons. The Morgan fingerprint density at radius 1 is 1.09 bits per heavy atom. The molecule has 0 aliphatic heterocycles. The predicted octanol–water partition coefficient (Wildman–Crippen LogP) is 5.75. The first-order chi connectivity index (χ1) is 16.3. The van der Waals surface area contributed by atoms with E-state index in [-0.39, 0.29) is 23.6 Å². The van der Waals surface area contributed by atoms with Crippen LogP contribution in [0.15, 0.2) is 74.7 Å². The normalized spacial score (nSPS) is 11.5. The van der Waals surface area contributed by atoms with Crippen LogP contribution in [0.3, 0.4) is 0 Å². The van der Waals surface area contributed by atoms with Crippen molar-refractivity contribution in [2.45, 2.75) is 27.4 Å². The number of aromatic nitrogens is 1. The third kappa shape index (κ3) is 5.40. The van der Waals surface area contributed by atoms with Crippen molar-refractivity contribution in [3.8, 4) is 0 Å². The molecule has 0 saturated heterocycles. The number of fused-ring (bicyclic) bond motifs is 1. The number of anilines is 1. The first-order valence-electron chi connectivity index (χ1n) is 10.5. The molecule has 8 heteroatoms. The Labute approximate surface area is 204 Å². The van der Waals surface area contributed by atoms with Crippen molar-refractivity contribution in [1.29, 1.82) is 0 Å². The molecule has 0 radical (unpaired) electrons. The largest absolute Gasteiger partial charge is 0.461 e. The molecule has 0 aliphatic carbocycles. The van der Waals surface area contributed by atoms with E-state index in [9.17, 15) is 9.59 Å². The van der Waals surface area contributed by atoms with Crippen molar-refractivity contribution in [2.75, 3.05) is 5.32 Å². The summed E-state index contributed by atoms with van der Waals surface area (Å²) < 4.78 is 12.2. The highest BCUT2D eigenvalue weighted by Gasteiger charge is 2.17. The molecule has 4 rings (SSSR count). The summed E-state index contributed by atoms with van der Waals surface area (Å²) in [7, 11) is 0. The van der Waals surface area contributed by atoms with E-state index in [1.165, 1.54) is 6.92 Å². The zero-order chi connectivity index (χ0) is 24.2. The number of ether oxygens (including phenoxy) is 1. The molecule has 1 N–H and O–H groups in total. The molecule has 0 unspecified atom stereocenters. The molecule has 0 spiro atoms. The SMILES string of the molecule is CC(=O)OCc1cnc(C)c2oc(=Nc3ccc(Br)cc3)c(C(=O)Nc3ccc(C)cc3)cc12. The second kappa shape index (κ2) is 10.0. The lowest BCUT2D eigenvalue weighted by molar-refractivity contribution is -0.142. The van der Waals surface area contributed by atoms with Crippen LogP contribution in [0.2, 0.25) is 0 Å². The van der Waals surface area contributed by atoms with E-state index in [1.54, 1.807) is 19.2 Å². The summed E-state index contributed by atoms with van der Waals surface area (Å²) >= 11 is 3.41. The van der Waals surface area contributed by atoms with E-state index in [4.69, 9.17) is 9.15 Å². The second-order valence-electron chi connectivity index (χ2n) is 7.77. The van der Waals surface area contributed by atoms with Crippen LogP contribution in [0.4, 0.5) is 11.4 Å². The molecule has 7 nitrogen and oxygen atoms in total. The third-order valence-corrected chi connectivity index (χ3v) is 5.62. The van der Waals surface area contributed by atoms with Gasteiger partial charge in [0.1, 0.15) is 12.2 Å². The Hall–Kier alpha value is -3.78. The maximum Gasteiger partial charge on any atom is 0.302 e. The van der Waals surface area contributed by atoms with E-state index in [1.807, 2.05) is 55.5 Å². The summed E-state index contributed by atoms with van der Waals surface area (Å²) in [5, 5.41) is 3.53. The van der Waals surface area contributed by atoms with Gasteiger partial charge in [-0.25, -0.2) is 4.99 Å². The van der Waals surface area contributed by atoms with E-state index < -0.39 is 5.97 Å². The minimum absolute atomic E-state index is 0.0108. The van der Waals surface area contributed by atoms with Crippen molar-refractivity contribution in [1.82, 2.24) is 4.98 Å². The summed E-state index contributed by atoms with van der Waals surface area (Å²) in [6.45, 7) is 5.13. The minimum atomic E-state index is -0.412. The molecule has 2 aromatic carbocycles. The molecule has 2 aromatic heterocycles. The molecule has 1 amide bonds. The number of aryl methyl sites for hydroxylation is 2. The fourth-order valence-electron chi connectivity index (χ4n) is 3.30. The van der Waals surface area contributed by atoms with Gasteiger partial charge in [0.15, 0.2) is 5.58 Å². The fraction of sp³-hybridized carbons (Fsp3) is 0.154. The molecular weight excluding hydrogens is 498 g/mol. The first-order valence-corrected chi connectivity index (χ1v) is 11.3. The predicted molar refractivity (Wildman–Crippen MR) is 133 cm³/mol. The van der Waals surface area contributed by atoms with Gasteiger partial charge in [0.25, 0.3) is 5.91 Å². The highest BCUT2D eigenvalue weighted by Crippen LogP contribution is 2.23. The minimum Gasteiger partial charge on any atom is -0.461 e. The number of carbonyl (C=O) groups excluding carboxylic acids is 2. The quantitative estimate of drug-likeness (QED) is 0.338. The number of nitrogens with zero attached hydrogens (tertiary/aromatic N) is 2. The molecule has 0 bridgehead atoms. The molecular formula is C26H22BrN3O4. The molecule has 0 atom stereocenters. The van der Waals surface area contributed by atoms with Crippen LogP contribution in [0.1, 0.15) is 34.1 Å². The van der Waals surface area contributed by atoms with E-state index in [2.05, 4.69) is 31.2 Å². The van der Waals surface area contributed by atoms with Crippen LogP contribution >= 0.6 is 15.9 Å². The second-order valence-corrected chi connectivity index (χ2v) is 8.68. The number of amides is 1. The third-order valence-electron chi connectivity index (χ3n) is 5.09. The Kier molecular flexibility index (Phi) is 6.88. The summed E-state index contributed by atoms with van der Waals surface area (Å²) in [4.78, 5) is 33.6. The lowest BCUT2D eigenvalue weighted by Crippen LogP contribution is -2.22. The zero-order valence-electron chi connectivity index (χ0n) is 18.9. The standard InChI is InChI=1S/C26H22BrN3O4/c1-15-4-8-20(9-5-15)29-25(32)23-12-22-18(14-33-17(3)31)13-28-16(2)24(22)34-26(23)30-21-10-6-19(27)7-11-21/h4-13H,14H2,1-3H3,(H,29,32). The van der Waals surface area contributed by atoms with E-state index in [0.717, 1.165) is 10.0 Å². The molecule has 2 heterocycles. The number of carbonyl (C=O) groups is 2. The molecule has 0 aliphatic rings. The molecule has 4 aromatic rings. The van der Waals surface area contributed by atoms with Crippen molar-refractivity contribution >= 4 is 50.2 Å². The smallest absolute Gasteiger partial charge is 0.302 e. The van der Waals surface area contributed by atoms with Gasteiger partial charge in [-0.05, 0) is 56.3 Å². The number of rotatable bonds is 5. The summed E-state index contributed by atoms with van der Waals surface area (Å²) in [6, 6.07) is 16.5. The van der Waals surface area contributed by atoms with Gasteiger partial charge in [0.05, 0.1) is 11.4 Å². The number of pyridine rings is 1. The molecule has 0 fully saturated rings. The maximum atomic E-state index is 13.3. The Bertz CT molecular complexity index is 1440. The number of benzene rings is 2. The average molecular weight is 520 g/mol. The number of esters is 1. The van der Waals surface area contributed by atoms with Gasteiger partial charge < -0.3 is 14.5 Å². The molecule has 0 saturated carbocycles. The number of nitrogens with one attached hydrogen (secondary N) is 1. The highest BCUT2D eigenvalue weighted by atomic mass is 79.9. The van der Waals surface area contributed by atoms with Crippen LogP contribution in [-0.2, 0) is 16.1 Å². The van der Waals surface area contributed by atoms with Gasteiger partial charge in [0.2, 0.25) is 5.55 Å². The van der Waals surface area contributed by atoms with Crippen LogP contribution < -0.4 is 10.9 Å². The number of hydrogen-bond donors (Lipinski definition) is 1. The molecule has 34 heavy (non-hydrogen) atoms. The first kappa shape index (κ1) is 23.4. The lowest BCUT2D eigenvalue weighted by Gasteiger charge is -2.11.